The Morgan fingerprint density at radius 3 is 1.91 bits per heavy atom. The topological polar surface area (TPSA) is 144 Å². The number of carbonyl (C=O) groups is 2. The maximum absolute atomic E-state index is 10.3. The lowest BCUT2D eigenvalue weighted by Gasteiger charge is -2.07. The van der Waals surface area contributed by atoms with E-state index in [0.717, 1.165) is 70.9 Å². The van der Waals surface area contributed by atoms with Crippen molar-refractivity contribution in [1.29, 1.82) is 0 Å². The Bertz CT molecular complexity index is 470. The van der Waals surface area contributed by atoms with E-state index in [4.69, 9.17) is 21.1 Å². The van der Waals surface area contributed by atoms with Gasteiger partial charge in [-0.1, -0.05) is 64.0 Å². The van der Waals surface area contributed by atoms with Crippen LogP contribution in [0.15, 0.2) is 12.2 Å². The average Bonchev–Trinajstić information content (AvgIpc) is 2.77. The normalized spacial score (nSPS) is 12.5. The van der Waals surface area contributed by atoms with E-state index in [1.54, 1.807) is 0 Å². The van der Waals surface area contributed by atoms with E-state index >= 15 is 0 Å². The third kappa shape index (κ3) is 40.8. The van der Waals surface area contributed by atoms with Crippen LogP contribution in [0, 0.1) is 0 Å². The molecule has 0 radical (unpaired) electrons. The van der Waals surface area contributed by atoms with Gasteiger partial charge in [0.2, 0.25) is 0 Å². The molecule has 0 saturated heterocycles. The molecular formula is C26H54N2O6. The highest BCUT2D eigenvalue weighted by molar-refractivity contribution is 5.71. The lowest BCUT2D eigenvalue weighted by Crippen LogP contribution is -2.16. The van der Waals surface area contributed by atoms with Crippen molar-refractivity contribution in [3.8, 4) is 0 Å². The number of aliphatic hydroxyl groups is 2. The average molecular weight is 491 g/mol. The van der Waals surface area contributed by atoms with Crippen molar-refractivity contribution in [2.24, 2.45) is 5.73 Å². The van der Waals surface area contributed by atoms with Crippen molar-refractivity contribution in [3.05, 3.63) is 12.2 Å². The Hall–Kier alpha value is -1.48. The van der Waals surface area contributed by atoms with Crippen molar-refractivity contribution in [3.63, 3.8) is 0 Å². The van der Waals surface area contributed by atoms with Gasteiger partial charge in [0.25, 0.3) is 0 Å². The summed E-state index contributed by atoms with van der Waals surface area (Å²) in [7, 11) is 4.10. The summed E-state index contributed by atoms with van der Waals surface area (Å²) >= 11 is 0. The van der Waals surface area contributed by atoms with E-state index < -0.39 is 18.0 Å². The number of nitrogens with zero attached hydrogens (tertiary/aromatic N) is 1. The van der Waals surface area contributed by atoms with Crippen LogP contribution in [-0.2, 0) is 9.59 Å². The van der Waals surface area contributed by atoms with Crippen molar-refractivity contribution >= 4 is 11.9 Å². The first kappa shape index (κ1) is 37.1. The van der Waals surface area contributed by atoms with E-state index in [1.807, 2.05) is 0 Å². The van der Waals surface area contributed by atoms with E-state index in [-0.39, 0.29) is 6.10 Å². The zero-order valence-electron chi connectivity index (χ0n) is 22.3. The number of carboxylic acid groups (broad SMARTS) is 2. The zero-order valence-corrected chi connectivity index (χ0v) is 22.3. The summed E-state index contributed by atoms with van der Waals surface area (Å²) in [5.74, 6) is -1.87. The maximum atomic E-state index is 10.3. The SMILES string of the molecule is CC(O)C(=O)O.CCCCCCC(O)C/C=C\CCCCCCCC(=O)O.CN(C)CCCN. The molecule has 8 heteroatoms. The molecule has 8 nitrogen and oxygen atoms in total. The van der Waals surface area contributed by atoms with E-state index in [2.05, 4.69) is 38.1 Å². The lowest BCUT2D eigenvalue weighted by atomic mass is 10.1. The molecule has 34 heavy (non-hydrogen) atoms. The zero-order chi connectivity index (χ0) is 26.6. The van der Waals surface area contributed by atoms with Gasteiger partial charge in [-0.05, 0) is 72.6 Å². The van der Waals surface area contributed by atoms with Gasteiger partial charge in [0.05, 0.1) is 6.10 Å². The highest BCUT2D eigenvalue weighted by Gasteiger charge is 2.02. The second-order valence-corrected chi connectivity index (χ2v) is 8.87. The first-order valence-electron chi connectivity index (χ1n) is 12.9. The predicted molar refractivity (Wildman–Crippen MR) is 140 cm³/mol. The van der Waals surface area contributed by atoms with Crippen molar-refractivity contribution in [2.45, 2.75) is 116 Å². The lowest BCUT2D eigenvalue weighted by molar-refractivity contribution is -0.145. The van der Waals surface area contributed by atoms with E-state index in [0.29, 0.717) is 6.42 Å². The molecule has 0 aliphatic carbocycles. The molecule has 0 aromatic heterocycles. The molecule has 204 valence electrons. The van der Waals surface area contributed by atoms with Crippen LogP contribution in [0.3, 0.4) is 0 Å². The Labute approximate surface area is 208 Å². The number of nitrogens with two attached hydrogens (primary N) is 1. The van der Waals surface area contributed by atoms with E-state index in [1.165, 1.54) is 32.6 Å². The number of hydrogen-bond acceptors (Lipinski definition) is 6. The summed E-state index contributed by atoms with van der Waals surface area (Å²) in [5, 5.41) is 34.1. The maximum Gasteiger partial charge on any atom is 0.332 e. The molecule has 6 N–H and O–H groups in total. The van der Waals surface area contributed by atoms with Crippen molar-refractivity contribution in [2.75, 3.05) is 27.2 Å². The second kappa shape index (κ2) is 29.6. The summed E-state index contributed by atoms with van der Waals surface area (Å²) in [6.07, 6.45) is 17.2. The molecule has 0 aliphatic rings. The number of rotatable bonds is 19. The number of hydrogen-bond donors (Lipinski definition) is 5. The van der Waals surface area contributed by atoms with Crippen LogP contribution in [0.2, 0.25) is 0 Å². The Morgan fingerprint density at radius 1 is 0.882 bits per heavy atom. The van der Waals surface area contributed by atoms with Crippen LogP contribution in [0.4, 0.5) is 0 Å². The molecule has 0 rings (SSSR count). The minimum atomic E-state index is -1.23. The summed E-state index contributed by atoms with van der Waals surface area (Å²) < 4.78 is 0. The van der Waals surface area contributed by atoms with Crippen LogP contribution < -0.4 is 5.73 Å². The van der Waals surface area contributed by atoms with Gasteiger partial charge < -0.3 is 31.1 Å². The van der Waals surface area contributed by atoms with E-state index in [9.17, 15) is 14.7 Å². The number of allylic oxidation sites excluding steroid dienone is 1. The largest absolute Gasteiger partial charge is 0.481 e. The Kier molecular flexibility index (Phi) is 32.2. The summed E-state index contributed by atoms with van der Waals surface area (Å²) in [6, 6.07) is 0. The molecular weight excluding hydrogens is 436 g/mol. The summed E-state index contributed by atoms with van der Waals surface area (Å²) in [6.45, 7) is 5.31. The van der Waals surface area contributed by atoms with Crippen molar-refractivity contribution in [1.82, 2.24) is 4.90 Å². The standard InChI is InChI=1S/C18H34O3.C5H14N2.C3H6O3/c1-2-3-4-11-14-17(19)15-12-9-7-5-6-8-10-13-16-18(20)21;1-7(2)5-3-4-6;1-2(4)3(5)6/h9,12,17,19H,2-8,10-11,13-16H2,1H3,(H,20,21);3-6H2,1-2H3;2,4H,1H3,(H,5,6)/b12-9-;;. The molecule has 0 spiro atoms. The minimum absolute atomic E-state index is 0.172. The Morgan fingerprint density at radius 2 is 1.44 bits per heavy atom. The fourth-order valence-corrected chi connectivity index (χ4v) is 2.77. The number of unbranched alkanes of at least 4 members (excludes halogenated alkanes) is 8. The van der Waals surface area contributed by atoms with Gasteiger partial charge in [0.15, 0.2) is 0 Å². The van der Waals surface area contributed by atoms with Crippen LogP contribution in [-0.4, -0.2) is 76.7 Å². The molecule has 0 saturated carbocycles. The molecule has 2 unspecified atom stereocenters. The molecule has 0 aromatic carbocycles. The van der Waals surface area contributed by atoms with Crippen LogP contribution >= 0.6 is 0 Å². The van der Waals surface area contributed by atoms with Crippen LogP contribution in [0.1, 0.15) is 104 Å². The Balaban J connectivity index is -0.000000601. The third-order valence-corrected chi connectivity index (χ3v) is 4.89. The fourth-order valence-electron chi connectivity index (χ4n) is 2.77. The third-order valence-electron chi connectivity index (χ3n) is 4.89. The van der Waals surface area contributed by atoms with Gasteiger partial charge in [-0.15, -0.1) is 0 Å². The molecule has 0 heterocycles. The molecule has 0 fully saturated rings. The molecule has 2 atom stereocenters. The summed E-state index contributed by atoms with van der Waals surface area (Å²) in [5.41, 5.74) is 5.25. The summed E-state index contributed by atoms with van der Waals surface area (Å²) in [4.78, 5) is 21.9. The van der Waals surface area contributed by atoms with Gasteiger partial charge in [-0.2, -0.15) is 0 Å². The number of aliphatic hydroxyl groups excluding tert-OH is 2. The second-order valence-electron chi connectivity index (χ2n) is 8.87. The molecule has 0 aliphatic heterocycles. The number of aliphatic carboxylic acids is 2. The minimum Gasteiger partial charge on any atom is -0.481 e. The van der Waals surface area contributed by atoms with Gasteiger partial charge in [-0.3, -0.25) is 4.79 Å². The molecule has 0 bridgehead atoms. The predicted octanol–water partition coefficient (Wildman–Crippen LogP) is 4.43. The smallest absolute Gasteiger partial charge is 0.332 e. The first-order chi connectivity index (χ1) is 16.1. The van der Waals surface area contributed by atoms with Crippen molar-refractivity contribution < 1.29 is 30.0 Å². The molecule has 0 aromatic rings. The number of carboxylic acids is 2. The first-order valence-corrected chi connectivity index (χ1v) is 12.9. The van der Waals surface area contributed by atoms with Gasteiger partial charge in [0.1, 0.15) is 6.10 Å². The van der Waals surface area contributed by atoms with Crippen LogP contribution in [0.5, 0.6) is 0 Å². The van der Waals surface area contributed by atoms with Crippen LogP contribution in [0.25, 0.3) is 0 Å². The van der Waals surface area contributed by atoms with Gasteiger partial charge >= 0.3 is 11.9 Å². The highest BCUT2D eigenvalue weighted by atomic mass is 16.4. The fraction of sp³-hybridized carbons (Fsp3) is 0.846. The van der Waals surface area contributed by atoms with Gasteiger partial charge in [0, 0.05) is 6.42 Å². The quantitative estimate of drug-likeness (QED) is 0.132. The highest BCUT2D eigenvalue weighted by Crippen LogP contribution is 2.10. The monoisotopic (exact) mass is 490 g/mol. The molecule has 0 amide bonds. The van der Waals surface area contributed by atoms with Gasteiger partial charge in [-0.25, -0.2) is 4.79 Å².